The lowest BCUT2D eigenvalue weighted by molar-refractivity contribution is -0.385. The number of non-ortho nitro benzene ring substituents is 1. The minimum Gasteiger partial charge on any atom is -0.377 e. The molecule has 33 heavy (non-hydrogen) atoms. The number of amides is 1. The molecular formula is C23H23N3O6S. The highest BCUT2D eigenvalue weighted by Gasteiger charge is 2.18. The van der Waals surface area contributed by atoms with E-state index in [0.717, 1.165) is 17.2 Å². The molecule has 172 valence electrons. The standard InChI is InChI=1S/C23H23N3O6S/c1-2-32-16-18-8-6-17(7-9-18)15-24-23(27)19-10-12-20(13-11-19)25-33(30,31)22-5-3-4-21(14-22)26(28)29/h3-14,25H,2,15-16H2,1H3,(H,24,27). The van der Waals surface area contributed by atoms with E-state index in [4.69, 9.17) is 4.74 Å². The first kappa shape index (κ1) is 23.9. The zero-order valence-corrected chi connectivity index (χ0v) is 18.7. The van der Waals surface area contributed by atoms with E-state index in [1.165, 1.54) is 42.5 Å². The highest BCUT2D eigenvalue weighted by Crippen LogP contribution is 2.21. The number of carbonyl (C=O) groups excluding carboxylic acids is 1. The Morgan fingerprint density at radius 3 is 2.30 bits per heavy atom. The second kappa shape index (κ2) is 10.7. The summed E-state index contributed by atoms with van der Waals surface area (Å²) in [6, 6.07) is 18.4. The summed E-state index contributed by atoms with van der Waals surface area (Å²) in [6.45, 7) is 3.46. The third-order valence-electron chi connectivity index (χ3n) is 4.69. The Morgan fingerprint density at radius 1 is 1.00 bits per heavy atom. The van der Waals surface area contributed by atoms with Crippen molar-refractivity contribution in [3.8, 4) is 0 Å². The first-order chi connectivity index (χ1) is 15.8. The van der Waals surface area contributed by atoms with Gasteiger partial charge in [-0.2, -0.15) is 0 Å². The van der Waals surface area contributed by atoms with Crippen LogP contribution in [-0.4, -0.2) is 25.9 Å². The van der Waals surface area contributed by atoms with Crippen molar-refractivity contribution in [2.24, 2.45) is 0 Å². The van der Waals surface area contributed by atoms with Crippen LogP contribution in [0.3, 0.4) is 0 Å². The largest absolute Gasteiger partial charge is 0.377 e. The van der Waals surface area contributed by atoms with Crippen molar-refractivity contribution >= 4 is 27.3 Å². The number of nitrogens with one attached hydrogen (secondary N) is 2. The van der Waals surface area contributed by atoms with Gasteiger partial charge in [0.25, 0.3) is 21.6 Å². The number of nitro benzene ring substituents is 1. The molecule has 0 heterocycles. The molecule has 0 fully saturated rings. The molecule has 0 aromatic heterocycles. The van der Waals surface area contributed by atoms with Gasteiger partial charge in [0.15, 0.2) is 0 Å². The fourth-order valence-electron chi connectivity index (χ4n) is 2.93. The summed E-state index contributed by atoms with van der Waals surface area (Å²) in [4.78, 5) is 22.4. The predicted molar refractivity (Wildman–Crippen MR) is 123 cm³/mol. The number of hydrogen-bond acceptors (Lipinski definition) is 6. The van der Waals surface area contributed by atoms with Crippen molar-refractivity contribution in [2.75, 3.05) is 11.3 Å². The monoisotopic (exact) mass is 469 g/mol. The van der Waals surface area contributed by atoms with E-state index in [0.29, 0.717) is 25.3 Å². The molecule has 1 amide bonds. The van der Waals surface area contributed by atoms with Gasteiger partial charge in [-0.1, -0.05) is 30.3 Å². The van der Waals surface area contributed by atoms with Crippen molar-refractivity contribution in [1.82, 2.24) is 5.32 Å². The zero-order valence-electron chi connectivity index (χ0n) is 17.9. The number of carbonyl (C=O) groups is 1. The SMILES string of the molecule is CCOCc1ccc(CNC(=O)c2ccc(NS(=O)(=O)c3cccc([N+](=O)[O-])c3)cc2)cc1. The molecule has 0 aliphatic heterocycles. The minimum atomic E-state index is -4.02. The molecule has 0 spiro atoms. The third-order valence-corrected chi connectivity index (χ3v) is 6.07. The van der Waals surface area contributed by atoms with E-state index in [9.17, 15) is 23.3 Å². The van der Waals surface area contributed by atoms with Crippen LogP contribution in [0.5, 0.6) is 0 Å². The molecule has 0 radical (unpaired) electrons. The molecule has 2 N–H and O–H groups in total. The Bertz CT molecular complexity index is 1230. The molecule has 9 nitrogen and oxygen atoms in total. The van der Waals surface area contributed by atoms with Crippen molar-refractivity contribution in [1.29, 1.82) is 0 Å². The number of benzene rings is 3. The molecule has 0 atom stereocenters. The van der Waals surface area contributed by atoms with Crippen molar-refractivity contribution in [3.63, 3.8) is 0 Å². The number of rotatable bonds is 10. The van der Waals surface area contributed by atoms with Crippen LogP contribution in [0.1, 0.15) is 28.4 Å². The van der Waals surface area contributed by atoms with Crippen LogP contribution in [0, 0.1) is 10.1 Å². The summed E-state index contributed by atoms with van der Waals surface area (Å²) in [7, 11) is -4.02. The molecule has 3 rings (SSSR count). The maximum absolute atomic E-state index is 12.5. The number of nitrogens with zero attached hydrogens (tertiary/aromatic N) is 1. The van der Waals surface area contributed by atoms with Gasteiger partial charge >= 0.3 is 0 Å². The van der Waals surface area contributed by atoms with Gasteiger partial charge in [-0.15, -0.1) is 0 Å². The molecule has 0 aliphatic carbocycles. The molecule has 3 aromatic rings. The number of ether oxygens (including phenoxy) is 1. The van der Waals surface area contributed by atoms with Gasteiger partial charge in [0.1, 0.15) is 0 Å². The van der Waals surface area contributed by atoms with Gasteiger partial charge in [0.05, 0.1) is 16.4 Å². The topological polar surface area (TPSA) is 128 Å². The molecule has 0 aliphatic rings. The summed E-state index contributed by atoms with van der Waals surface area (Å²) in [5.41, 5.74) is 2.25. The van der Waals surface area contributed by atoms with E-state index in [1.807, 2.05) is 31.2 Å². The van der Waals surface area contributed by atoms with E-state index in [-0.39, 0.29) is 22.2 Å². The molecule has 0 bridgehead atoms. The molecule has 0 saturated heterocycles. The summed E-state index contributed by atoms with van der Waals surface area (Å²) < 4.78 is 32.7. The molecular weight excluding hydrogens is 446 g/mol. The lowest BCUT2D eigenvalue weighted by atomic mass is 10.1. The third kappa shape index (κ3) is 6.61. The highest BCUT2D eigenvalue weighted by molar-refractivity contribution is 7.92. The number of hydrogen-bond donors (Lipinski definition) is 2. The maximum Gasteiger partial charge on any atom is 0.270 e. The van der Waals surface area contributed by atoms with Gasteiger partial charge in [0, 0.05) is 36.5 Å². The summed E-state index contributed by atoms with van der Waals surface area (Å²) in [5.74, 6) is -0.304. The Hall–Kier alpha value is -3.76. The fraction of sp³-hybridized carbons (Fsp3) is 0.174. The predicted octanol–water partition coefficient (Wildman–Crippen LogP) is 3.86. The number of nitro groups is 1. The van der Waals surface area contributed by atoms with Crippen LogP contribution < -0.4 is 10.0 Å². The van der Waals surface area contributed by atoms with Crippen molar-refractivity contribution < 1.29 is 22.9 Å². The Labute approximate surface area is 191 Å². The Kier molecular flexibility index (Phi) is 7.75. The quantitative estimate of drug-likeness (QED) is 0.343. The van der Waals surface area contributed by atoms with E-state index >= 15 is 0 Å². The average Bonchev–Trinajstić information content (AvgIpc) is 2.82. The maximum atomic E-state index is 12.5. The second-order valence-electron chi connectivity index (χ2n) is 7.07. The fourth-order valence-corrected chi connectivity index (χ4v) is 4.02. The highest BCUT2D eigenvalue weighted by atomic mass is 32.2. The van der Waals surface area contributed by atoms with Gasteiger partial charge in [0.2, 0.25) is 0 Å². The smallest absolute Gasteiger partial charge is 0.270 e. The summed E-state index contributed by atoms with van der Waals surface area (Å²) in [5, 5.41) is 13.7. The number of anilines is 1. The average molecular weight is 470 g/mol. The van der Waals surface area contributed by atoms with E-state index in [1.54, 1.807) is 0 Å². The van der Waals surface area contributed by atoms with Gasteiger partial charge in [-0.05, 0) is 48.4 Å². The summed E-state index contributed by atoms with van der Waals surface area (Å²) >= 11 is 0. The van der Waals surface area contributed by atoms with Crippen molar-refractivity contribution in [3.05, 3.63) is 99.6 Å². The molecule has 10 heteroatoms. The van der Waals surface area contributed by atoms with Crippen molar-refractivity contribution in [2.45, 2.75) is 25.0 Å². The first-order valence-electron chi connectivity index (χ1n) is 10.1. The van der Waals surface area contributed by atoms with Gasteiger partial charge < -0.3 is 10.1 Å². The molecule has 0 saturated carbocycles. The van der Waals surface area contributed by atoms with E-state index in [2.05, 4.69) is 10.0 Å². The van der Waals surface area contributed by atoms with Crippen LogP contribution in [-0.2, 0) is 27.9 Å². The van der Waals surface area contributed by atoms with Crippen LogP contribution in [0.4, 0.5) is 11.4 Å². The second-order valence-corrected chi connectivity index (χ2v) is 8.76. The van der Waals surface area contributed by atoms with E-state index < -0.39 is 14.9 Å². The molecule has 3 aromatic carbocycles. The normalized spacial score (nSPS) is 11.1. The minimum absolute atomic E-state index is 0.225. The van der Waals surface area contributed by atoms with Crippen LogP contribution >= 0.6 is 0 Å². The Morgan fingerprint density at radius 2 is 1.67 bits per heavy atom. The van der Waals surface area contributed by atoms with Gasteiger partial charge in [-0.3, -0.25) is 19.6 Å². The molecule has 0 unspecified atom stereocenters. The van der Waals surface area contributed by atoms with Gasteiger partial charge in [-0.25, -0.2) is 8.42 Å². The lowest BCUT2D eigenvalue weighted by Crippen LogP contribution is -2.22. The number of sulfonamides is 1. The lowest BCUT2D eigenvalue weighted by Gasteiger charge is -2.10. The zero-order chi connectivity index (χ0) is 23.8. The first-order valence-corrected chi connectivity index (χ1v) is 11.6. The summed E-state index contributed by atoms with van der Waals surface area (Å²) in [6.07, 6.45) is 0. The van der Waals surface area contributed by atoms with Crippen LogP contribution in [0.2, 0.25) is 0 Å². The van der Waals surface area contributed by atoms with Crippen LogP contribution in [0.15, 0.2) is 77.7 Å². The Balaban J connectivity index is 1.59. The van der Waals surface area contributed by atoms with Crippen LogP contribution in [0.25, 0.3) is 0 Å².